The number of halogens is 1. The van der Waals surface area contributed by atoms with Crippen LogP contribution >= 0.6 is 15.9 Å². The first-order chi connectivity index (χ1) is 16.7. The van der Waals surface area contributed by atoms with Gasteiger partial charge in [0.1, 0.15) is 7.85 Å². The molecule has 2 heteroatoms. The Hall–Kier alpha value is -3.62. The van der Waals surface area contributed by atoms with Crippen LogP contribution in [0.5, 0.6) is 0 Å². The molecular weight excluding hydrogens is 475 g/mol. The number of rotatable bonds is 2. The van der Waals surface area contributed by atoms with E-state index in [1.165, 1.54) is 71.5 Å². The van der Waals surface area contributed by atoms with Crippen LogP contribution in [0, 0.1) is 0 Å². The second-order valence-electron chi connectivity index (χ2n) is 9.08. The van der Waals surface area contributed by atoms with Gasteiger partial charge in [-0.25, -0.2) is 0 Å². The van der Waals surface area contributed by atoms with E-state index in [0.717, 1.165) is 4.47 Å². The average Bonchev–Trinajstić information content (AvgIpc) is 3.20. The van der Waals surface area contributed by atoms with Crippen molar-refractivity contribution < 1.29 is 0 Å². The molecule has 0 saturated carbocycles. The maximum absolute atomic E-state index is 3.77. The molecule has 0 bridgehead atoms. The molecule has 0 amide bonds. The molecule has 1 aliphatic rings. The molecule has 0 unspecified atom stereocenters. The maximum atomic E-state index is 3.77. The van der Waals surface area contributed by atoms with E-state index in [1.807, 2.05) is 0 Å². The first-order valence-electron chi connectivity index (χ1n) is 11.7. The lowest BCUT2D eigenvalue weighted by atomic mass is 9.82. The molecule has 0 nitrogen and oxygen atoms in total. The van der Waals surface area contributed by atoms with Crippen LogP contribution in [0.4, 0.5) is 0 Å². The van der Waals surface area contributed by atoms with E-state index in [4.69, 9.17) is 0 Å². The number of hydrogen-bond acceptors (Lipinski definition) is 0. The summed E-state index contributed by atoms with van der Waals surface area (Å²) in [6, 6.07) is 39.9. The molecule has 0 N–H and O–H groups in total. The van der Waals surface area contributed by atoms with Crippen molar-refractivity contribution in [3.63, 3.8) is 0 Å². The lowest BCUT2D eigenvalue weighted by Gasteiger charge is -2.20. The fraction of sp³-hybridized carbons (Fsp3) is 0. The highest BCUT2D eigenvalue weighted by Crippen LogP contribution is 2.57. The molecule has 6 aromatic rings. The van der Waals surface area contributed by atoms with E-state index in [2.05, 4.69) is 133 Å². The van der Waals surface area contributed by atoms with E-state index in [9.17, 15) is 0 Å². The molecule has 158 valence electrons. The summed E-state index contributed by atoms with van der Waals surface area (Å²) in [5, 5.41) is 5.28. The third-order valence-corrected chi connectivity index (χ3v) is 7.69. The van der Waals surface area contributed by atoms with Gasteiger partial charge in [0, 0.05) is 4.47 Å². The lowest BCUT2D eigenvalue weighted by molar-refractivity contribution is 1.61. The summed E-state index contributed by atoms with van der Waals surface area (Å²) < 4.78 is 1.10. The topological polar surface area (TPSA) is 0 Å². The Kier molecular flexibility index (Phi) is 4.34. The van der Waals surface area contributed by atoms with Crippen molar-refractivity contribution in [3.05, 3.63) is 114 Å². The zero-order chi connectivity index (χ0) is 22.8. The van der Waals surface area contributed by atoms with Crippen molar-refractivity contribution in [2.24, 2.45) is 0 Å². The Morgan fingerprint density at radius 2 is 1.09 bits per heavy atom. The Bertz CT molecular complexity index is 1750. The largest absolute Gasteiger partial charge is 0.140 e. The Morgan fingerprint density at radius 1 is 0.471 bits per heavy atom. The van der Waals surface area contributed by atoms with Crippen molar-refractivity contribution in [2.75, 3.05) is 0 Å². The zero-order valence-corrected chi connectivity index (χ0v) is 20.4. The Balaban J connectivity index is 1.78. The van der Waals surface area contributed by atoms with Gasteiger partial charge in [-0.1, -0.05) is 118 Å². The standard InChI is InChI=1S/C32H20BBr/c33-27-17-16-25-30-23(27)12-7-13-24(30)31-28(19-8-3-1-4-9-19)22-15-14-21(34)18-26(22)29(32(25)31)20-10-5-2-6-11-20/h1-18H,33H2. The van der Waals surface area contributed by atoms with Gasteiger partial charge >= 0.3 is 0 Å². The molecule has 0 fully saturated rings. The molecule has 34 heavy (non-hydrogen) atoms. The van der Waals surface area contributed by atoms with Gasteiger partial charge in [-0.05, 0) is 78.2 Å². The molecular formula is C32H20BBr. The van der Waals surface area contributed by atoms with Gasteiger partial charge in [-0.3, -0.25) is 0 Å². The van der Waals surface area contributed by atoms with Crippen molar-refractivity contribution in [2.45, 2.75) is 0 Å². The van der Waals surface area contributed by atoms with Crippen LogP contribution in [0.1, 0.15) is 0 Å². The fourth-order valence-corrected chi connectivity index (χ4v) is 6.14. The molecule has 0 aliphatic heterocycles. The first kappa shape index (κ1) is 19.8. The Morgan fingerprint density at radius 3 is 1.76 bits per heavy atom. The summed E-state index contributed by atoms with van der Waals surface area (Å²) in [7, 11) is 2.22. The highest BCUT2D eigenvalue weighted by atomic mass is 79.9. The molecule has 0 spiro atoms. The van der Waals surface area contributed by atoms with Crippen LogP contribution in [0.25, 0.3) is 66.1 Å². The van der Waals surface area contributed by atoms with Gasteiger partial charge in [0.05, 0.1) is 0 Å². The van der Waals surface area contributed by atoms with E-state index in [1.54, 1.807) is 0 Å². The van der Waals surface area contributed by atoms with Crippen molar-refractivity contribution in [1.82, 2.24) is 0 Å². The molecule has 7 rings (SSSR count). The molecule has 0 radical (unpaired) electrons. The van der Waals surface area contributed by atoms with Gasteiger partial charge in [0.2, 0.25) is 0 Å². The normalized spacial score (nSPS) is 11.8. The summed E-state index contributed by atoms with van der Waals surface area (Å²) in [6.45, 7) is 0. The number of hydrogen-bond donors (Lipinski definition) is 0. The van der Waals surface area contributed by atoms with E-state index < -0.39 is 0 Å². The van der Waals surface area contributed by atoms with Crippen LogP contribution in [0.2, 0.25) is 0 Å². The molecule has 0 heterocycles. The number of fused-ring (bicyclic) bond motifs is 4. The van der Waals surface area contributed by atoms with Crippen molar-refractivity contribution in [1.29, 1.82) is 0 Å². The van der Waals surface area contributed by atoms with E-state index in [-0.39, 0.29) is 0 Å². The summed E-state index contributed by atoms with van der Waals surface area (Å²) >= 11 is 3.77. The highest BCUT2D eigenvalue weighted by Gasteiger charge is 2.30. The molecule has 0 aromatic heterocycles. The average molecular weight is 495 g/mol. The second-order valence-corrected chi connectivity index (χ2v) is 10.00. The van der Waals surface area contributed by atoms with E-state index >= 15 is 0 Å². The van der Waals surface area contributed by atoms with E-state index in [0.29, 0.717) is 0 Å². The third-order valence-electron chi connectivity index (χ3n) is 7.19. The van der Waals surface area contributed by atoms with Gasteiger partial charge in [-0.15, -0.1) is 0 Å². The highest BCUT2D eigenvalue weighted by molar-refractivity contribution is 9.10. The predicted octanol–water partition coefficient (Wildman–Crippen LogP) is 8.00. The Labute approximate surface area is 208 Å². The smallest absolute Gasteiger partial charge is 0.0812 e. The minimum absolute atomic E-state index is 1.10. The minimum atomic E-state index is 1.10. The molecule has 0 atom stereocenters. The molecule has 1 aliphatic carbocycles. The van der Waals surface area contributed by atoms with Gasteiger partial charge in [0.15, 0.2) is 0 Å². The van der Waals surface area contributed by atoms with Crippen LogP contribution in [0.15, 0.2) is 114 Å². The maximum Gasteiger partial charge on any atom is 0.140 e. The third kappa shape index (κ3) is 2.72. The van der Waals surface area contributed by atoms with Crippen LogP contribution < -0.4 is 5.46 Å². The quantitative estimate of drug-likeness (QED) is 0.213. The fourth-order valence-electron chi connectivity index (χ4n) is 5.78. The predicted molar refractivity (Wildman–Crippen MR) is 153 cm³/mol. The van der Waals surface area contributed by atoms with Gasteiger partial charge in [0.25, 0.3) is 0 Å². The molecule has 0 saturated heterocycles. The summed E-state index contributed by atoms with van der Waals surface area (Å²) in [4.78, 5) is 0. The summed E-state index contributed by atoms with van der Waals surface area (Å²) in [6.07, 6.45) is 0. The zero-order valence-electron chi connectivity index (χ0n) is 18.8. The SMILES string of the molecule is Bc1ccc2c3c(cccc13)-c1c-2c(-c2ccccc2)c2cc(Br)ccc2c1-c1ccccc1. The number of benzene rings is 6. The van der Waals surface area contributed by atoms with Crippen molar-refractivity contribution >= 4 is 50.8 Å². The van der Waals surface area contributed by atoms with Crippen molar-refractivity contribution in [3.8, 4) is 44.5 Å². The lowest BCUT2D eigenvalue weighted by Crippen LogP contribution is -2.02. The van der Waals surface area contributed by atoms with Crippen LogP contribution in [-0.2, 0) is 0 Å². The monoisotopic (exact) mass is 494 g/mol. The first-order valence-corrected chi connectivity index (χ1v) is 12.4. The second kappa shape index (κ2) is 7.45. The van der Waals surface area contributed by atoms with Gasteiger partial charge in [-0.2, -0.15) is 0 Å². The molecule has 6 aromatic carbocycles. The van der Waals surface area contributed by atoms with Gasteiger partial charge < -0.3 is 0 Å². The summed E-state index contributed by atoms with van der Waals surface area (Å²) in [5.41, 5.74) is 11.8. The van der Waals surface area contributed by atoms with Crippen LogP contribution in [-0.4, -0.2) is 7.85 Å². The van der Waals surface area contributed by atoms with Crippen LogP contribution in [0.3, 0.4) is 0 Å². The summed E-state index contributed by atoms with van der Waals surface area (Å²) in [5.74, 6) is 0. The minimum Gasteiger partial charge on any atom is -0.0812 e.